The molecule has 0 spiro atoms. The van der Waals surface area contributed by atoms with Crippen LogP contribution >= 0.6 is 0 Å². The highest BCUT2D eigenvalue weighted by Crippen LogP contribution is 2.36. The number of H-pyrrole nitrogens is 1. The molecule has 0 amide bonds. The molecule has 1 heterocycles. The highest BCUT2D eigenvalue weighted by Gasteiger charge is 2.39. The number of carbonyl (C=O) groups excluding carboxylic acids is 1. The zero-order chi connectivity index (χ0) is 41.0. The van der Waals surface area contributed by atoms with Crippen molar-refractivity contribution in [3.63, 3.8) is 0 Å². The molecule has 0 saturated heterocycles. The number of aromatic nitrogens is 2. The summed E-state index contributed by atoms with van der Waals surface area (Å²) in [6.07, 6.45) is -8.85. The van der Waals surface area contributed by atoms with E-state index in [0.717, 1.165) is 0 Å². The number of alkyl halides is 6. The number of nitrogen functional groups attached to an aromatic ring is 1. The van der Waals surface area contributed by atoms with Gasteiger partial charge in [-0.2, -0.15) is 26.3 Å². The fraction of sp³-hybridized carbons (Fsp3) is 0.265. The summed E-state index contributed by atoms with van der Waals surface area (Å²) in [4.78, 5) is 38.0. The van der Waals surface area contributed by atoms with Crippen molar-refractivity contribution in [2.75, 3.05) is 19.0 Å². The van der Waals surface area contributed by atoms with Crippen LogP contribution in [0.4, 0.5) is 36.4 Å². The molecule has 0 bridgehead atoms. The predicted octanol–water partition coefficient (Wildman–Crippen LogP) is 6.94. The standard InChI is InChI=1S/C30H32FN5O4.2C2HF3O2/c1-5-39-20-14-23(26(31)25(15-20)40-17(2)3)27(35-19-12-10-18(11-13-19)28(32)33)29-34-16-24(36-29)21-8-6-7-9-22(21)30(37)38-4;2*3-2(4,5)1(6)7/h6-17,27,35H,5H2,1-4H3,(H3,32,33)(H,34,36);2*(H,6,7). The Kier molecular flexibility index (Phi) is 15.4. The van der Waals surface area contributed by atoms with Crippen LogP contribution in [-0.2, 0) is 14.3 Å². The van der Waals surface area contributed by atoms with E-state index >= 15 is 4.39 Å². The number of halogens is 7. The van der Waals surface area contributed by atoms with Gasteiger partial charge in [-0.1, -0.05) is 18.2 Å². The lowest BCUT2D eigenvalue weighted by Gasteiger charge is -2.22. The van der Waals surface area contributed by atoms with Crippen molar-refractivity contribution in [2.45, 2.75) is 45.3 Å². The summed E-state index contributed by atoms with van der Waals surface area (Å²) in [5.41, 5.74) is 8.53. The third-order valence-corrected chi connectivity index (χ3v) is 6.51. The molecule has 0 aliphatic carbocycles. The van der Waals surface area contributed by atoms with E-state index in [1.54, 1.807) is 60.8 Å². The minimum absolute atomic E-state index is 0.0532. The number of aromatic amines is 1. The van der Waals surface area contributed by atoms with Crippen molar-refractivity contribution in [3.8, 4) is 22.8 Å². The van der Waals surface area contributed by atoms with Crippen molar-refractivity contribution < 1.29 is 69.5 Å². The van der Waals surface area contributed by atoms with Gasteiger partial charge in [-0.05, 0) is 57.2 Å². The van der Waals surface area contributed by atoms with E-state index in [-0.39, 0.29) is 23.3 Å². The van der Waals surface area contributed by atoms with Crippen LogP contribution in [0.3, 0.4) is 0 Å². The summed E-state index contributed by atoms with van der Waals surface area (Å²) >= 11 is 0. The van der Waals surface area contributed by atoms with E-state index in [0.29, 0.717) is 46.3 Å². The first-order valence-electron chi connectivity index (χ1n) is 15.3. The zero-order valence-corrected chi connectivity index (χ0v) is 28.7. The first-order chi connectivity index (χ1) is 25.1. The Bertz CT molecular complexity index is 1890. The molecule has 3 aromatic carbocycles. The molecule has 54 heavy (non-hydrogen) atoms. The minimum Gasteiger partial charge on any atom is -0.494 e. The van der Waals surface area contributed by atoms with Gasteiger partial charge >= 0.3 is 30.3 Å². The van der Waals surface area contributed by atoms with Gasteiger partial charge in [0.15, 0.2) is 11.6 Å². The van der Waals surface area contributed by atoms with Crippen LogP contribution < -0.4 is 20.5 Å². The SMILES string of the molecule is CCOc1cc(OC(C)C)c(F)c(C(Nc2ccc(C(=N)N)cc2)c2ncc(-c3ccccc3C(=O)OC)[nH]2)c1.O=C(O)C(F)(F)F.O=C(O)C(F)(F)F. The van der Waals surface area contributed by atoms with Crippen LogP contribution in [0.1, 0.15) is 54.1 Å². The van der Waals surface area contributed by atoms with E-state index in [9.17, 15) is 31.1 Å². The molecule has 4 rings (SSSR count). The number of aliphatic carboxylic acids is 2. The van der Waals surface area contributed by atoms with Crippen LogP contribution in [0.25, 0.3) is 11.3 Å². The van der Waals surface area contributed by atoms with Gasteiger partial charge in [0.2, 0.25) is 0 Å². The fourth-order valence-corrected chi connectivity index (χ4v) is 4.23. The quantitative estimate of drug-likeness (QED) is 0.0398. The van der Waals surface area contributed by atoms with Crippen molar-refractivity contribution >= 4 is 29.4 Å². The molecule has 1 unspecified atom stereocenters. The van der Waals surface area contributed by atoms with Gasteiger partial charge in [-0.25, -0.2) is 23.8 Å². The van der Waals surface area contributed by atoms with Gasteiger partial charge in [-0.15, -0.1) is 0 Å². The second-order valence-electron chi connectivity index (χ2n) is 10.8. The van der Waals surface area contributed by atoms with Gasteiger partial charge in [-0.3, -0.25) is 5.41 Å². The number of nitrogens with one attached hydrogen (secondary N) is 3. The maximum Gasteiger partial charge on any atom is 0.490 e. The molecule has 0 aliphatic heterocycles. The number of amidine groups is 1. The molecule has 1 atom stereocenters. The molecule has 292 valence electrons. The van der Waals surface area contributed by atoms with Gasteiger partial charge < -0.3 is 40.5 Å². The minimum atomic E-state index is -5.08. The van der Waals surface area contributed by atoms with Crippen molar-refractivity contribution in [2.24, 2.45) is 5.73 Å². The number of methoxy groups -OCH3 is 1. The van der Waals surface area contributed by atoms with Gasteiger partial charge in [0.05, 0.1) is 37.3 Å². The number of benzene rings is 3. The Balaban J connectivity index is 0.000000610. The smallest absolute Gasteiger partial charge is 0.490 e. The number of hydrogen-bond acceptors (Lipinski definition) is 9. The summed E-state index contributed by atoms with van der Waals surface area (Å²) in [6, 6.07) is 16.2. The van der Waals surface area contributed by atoms with E-state index in [1.807, 2.05) is 20.8 Å². The Morgan fingerprint density at radius 2 is 1.52 bits per heavy atom. The van der Waals surface area contributed by atoms with Crippen LogP contribution in [0.5, 0.6) is 11.5 Å². The second kappa shape index (κ2) is 18.9. The van der Waals surface area contributed by atoms with Gasteiger partial charge in [0.25, 0.3) is 0 Å². The van der Waals surface area contributed by atoms with Crippen molar-refractivity contribution in [3.05, 3.63) is 95.2 Å². The number of hydrogen-bond donors (Lipinski definition) is 6. The maximum atomic E-state index is 16.0. The Morgan fingerprint density at radius 1 is 0.963 bits per heavy atom. The number of carbonyl (C=O) groups is 3. The number of ether oxygens (including phenoxy) is 3. The molecule has 20 heteroatoms. The third kappa shape index (κ3) is 12.7. The predicted molar refractivity (Wildman–Crippen MR) is 179 cm³/mol. The van der Waals surface area contributed by atoms with Crippen molar-refractivity contribution in [1.82, 2.24) is 9.97 Å². The molecule has 0 radical (unpaired) electrons. The molecule has 4 aromatic rings. The molecule has 0 aliphatic rings. The van der Waals surface area contributed by atoms with Gasteiger partial charge in [0.1, 0.15) is 23.5 Å². The molecule has 1 aromatic heterocycles. The van der Waals surface area contributed by atoms with Crippen LogP contribution in [-0.4, -0.2) is 76.1 Å². The monoisotopic (exact) mass is 773 g/mol. The molecule has 0 saturated carbocycles. The summed E-state index contributed by atoms with van der Waals surface area (Å²) in [7, 11) is 1.32. The lowest BCUT2D eigenvalue weighted by molar-refractivity contribution is -0.193. The Morgan fingerprint density at radius 3 is 2.00 bits per heavy atom. The molecule has 0 fully saturated rings. The molecular weight excluding hydrogens is 739 g/mol. The van der Waals surface area contributed by atoms with Gasteiger partial charge in [0, 0.05) is 28.4 Å². The van der Waals surface area contributed by atoms with E-state index in [1.165, 1.54) is 13.2 Å². The summed E-state index contributed by atoms with van der Waals surface area (Å²) < 4.78 is 96.0. The number of esters is 1. The van der Waals surface area contributed by atoms with Crippen molar-refractivity contribution in [1.29, 1.82) is 5.41 Å². The summed E-state index contributed by atoms with van der Waals surface area (Å²) in [6.45, 7) is 5.86. The van der Waals surface area contributed by atoms with Crippen LogP contribution in [0.2, 0.25) is 0 Å². The molecule has 7 N–H and O–H groups in total. The number of nitrogens with zero attached hydrogens (tertiary/aromatic N) is 1. The average molecular weight is 774 g/mol. The number of rotatable bonds is 11. The zero-order valence-electron chi connectivity index (χ0n) is 28.7. The third-order valence-electron chi connectivity index (χ3n) is 6.51. The second-order valence-corrected chi connectivity index (χ2v) is 10.8. The fourth-order valence-electron chi connectivity index (χ4n) is 4.23. The largest absolute Gasteiger partial charge is 0.494 e. The molecule has 13 nitrogen and oxygen atoms in total. The number of nitrogens with two attached hydrogens (primary N) is 1. The molecular formula is C34H34F7N5O8. The number of imidazole rings is 1. The normalized spacial score (nSPS) is 11.6. The van der Waals surface area contributed by atoms with E-state index < -0.39 is 42.1 Å². The number of carboxylic acids is 2. The summed E-state index contributed by atoms with van der Waals surface area (Å²) in [5.74, 6) is -5.75. The lowest BCUT2D eigenvalue weighted by Crippen LogP contribution is -2.21. The highest BCUT2D eigenvalue weighted by molar-refractivity contribution is 5.96. The number of anilines is 1. The first kappa shape index (κ1) is 43.8. The summed E-state index contributed by atoms with van der Waals surface area (Å²) in [5, 5.41) is 25.2. The first-order valence-corrected chi connectivity index (χ1v) is 15.3. The van der Waals surface area contributed by atoms with E-state index in [2.05, 4.69) is 15.3 Å². The average Bonchev–Trinajstić information content (AvgIpc) is 3.58. The van der Waals surface area contributed by atoms with E-state index in [4.69, 9.17) is 45.2 Å². The maximum absolute atomic E-state index is 16.0. The van der Waals surface area contributed by atoms with Crippen LogP contribution in [0.15, 0.2) is 66.9 Å². The number of carboxylic acid groups (broad SMARTS) is 2. The Hall–Kier alpha value is -6.34. The Labute approximate surface area is 302 Å². The highest BCUT2D eigenvalue weighted by atomic mass is 19.4. The topological polar surface area (TPSA) is 210 Å². The lowest BCUT2D eigenvalue weighted by atomic mass is 10.0. The van der Waals surface area contributed by atoms with Crippen LogP contribution in [0, 0.1) is 11.2 Å².